The summed E-state index contributed by atoms with van der Waals surface area (Å²) >= 11 is 0. The van der Waals surface area contributed by atoms with E-state index in [-0.39, 0.29) is 5.91 Å². The second kappa shape index (κ2) is 5.53. The van der Waals surface area contributed by atoms with Crippen molar-refractivity contribution < 1.29 is 9.21 Å². The highest BCUT2D eigenvalue weighted by molar-refractivity contribution is 5.94. The average molecular weight is 310 g/mol. The van der Waals surface area contributed by atoms with Gasteiger partial charge in [-0.2, -0.15) is 0 Å². The van der Waals surface area contributed by atoms with Crippen molar-refractivity contribution in [1.82, 2.24) is 19.7 Å². The third-order valence-electron chi connectivity index (χ3n) is 4.31. The molecule has 118 valence electrons. The highest BCUT2D eigenvalue weighted by Gasteiger charge is 2.20. The number of amides is 1. The number of carbonyl (C=O) groups is 1. The van der Waals surface area contributed by atoms with Gasteiger partial charge in [0.05, 0.1) is 5.56 Å². The molecule has 0 atom stereocenters. The van der Waals surface area contributed by atoms with Gasteiger partial charge in [-0.05, 0) is 18.9 Å². The zero-order valence-electron chi connectivity index (χ0n) is 13.0. The van der Waals surface area contributed by atoms with Crippen LogP contribution in [0.15, 0.2) is 34.9 Å². The van der Waals surface area contributed by atoms with E-state index in [1.54, 1.807) is 6.92 Å². The normalized spacial score (nSPS) is 14.7. The van der Waals surface area contributed by atoms with Crippen molar-refractivity contribution in [1.29, 1.82) is 0 Å². The lowest BCUT2D eigenvalue weighted by atomic mass is 10.2. The molecule has 0 saturated carbocycles. The Morgan fingerprint density at radius 2 is 2.00 bits per heavy atom. The largest absolute Gasteiger partial charge is 0.421 e. The first-order valence-corrected chi connectivity index (χ1v) is 7.88. The van der Waals surface area contributed by atoms with Crippen LogP contribution in [0.4, 0.5) is 0 Å². The van der Waals surface area contributed by atoms with Gasteiger partial charge in [-0.1, -0.05) is 18.2 Å². The van der Waals surface area contributed by atoms with E-state index >= 15 is 0 Å². The van der Waals surface area contributed by atoms with Crippen LogP contribution in [0.5, 0.6) is 0 Å². The molecule has 2 aromatic heterocycles. The molecule has 1 aromatic carbocycles. The van der Waals surface area contributed by atoms with Crippen molar-refractivity contribution in [3.05, 3.63) is 36.4 Å². The standard InChI is InChI=1S/C17H18N4O2/c1-12-18-19-17(23-12)14-10-21(15-7-3-2-6-13(14)15)11-16(22)20-8-4-5-9-20/h2-3,6-7,10H,4-5,8-9,11H2,1H3. The third kappa shape index (κ3) is 2.50. The number of carbonyl (C=O) groups excluding carboxylic acids is 1. The maximum Gasteiger partial charge on any atom is 0.249 e. The Bertz CT molecular complexity index is 858. The van der Waals surface area contributed by atoms with Crippen LogP contribution < -0.4 is 0 Å². The maximum atomic E-state index is 12.5. The molecule has 6 heteroatoms. The van der Waals surface area contributed by atoms with E-state index in [0.29, 0.717) is 18.3 Å². The molecule has 0 bridgehead atoms. The number of aromatic nitrogens is 3. The molecule has 6 nitrogen and oxygen atoms in total. The van der Waals surface area contributed by atoms with Gasteiger partial charge in [-0.3, -0.25) is 4.79 Å². The molecule has 1 fully saturated rings. The summed E-state index contributed by atoms with van der Waals surface area (Å²) in [6.07, 6.45) is 4.14. The Balaban J connectivity index is 1.73. The lowest BCUT2D eigenvalue weighted by Crippen LogP contribution is -2.30. The monoisotopic (exact) mass is 310 g/mol. The summed E-state index contributed by atoms with van der Waals surface area (Å²) in [5.74, 6) is 1.19. The molecule has 0 unspecified atom stereocenters. The number of benzene rings is 1. The number of nitrogens with zero attached hydrogens (tertiary/aromatic N) is 4. The first kappa shape index (κ1) is 14.0. The summed E-state index contributed by atoms with van der Waals surface area (Å²) < 4.78 is 7.54. The molecule has 3 aromatic rings. The van der Waals surface area contributed by atoms with Gasteiger partial charge in [0.1, 0.15) is 6.54 Å². The minimum Gasteiger partial charge on any atom is -0.421 e. The van der Waals surface area contributed by atoms with Crippen LogP contribution in [0.1, 0.15) is 18.7 Å². The molecule has 1 saturated heterocycles. The highest BCUT2D eigenvalue weighted by atomic mass is 16.4. The summed E-state index contributed by atoms with van der Waals surface area (Å²) in [5, 5.41) is 9.03. The van der Waals surface area contributed by atoms with Gasteiger partial charge >= 0.3 is 0 Å². The molecule has 0 aliphatic carbocycles. The van der Waals surface area contributed by atoms with Crippen LogP contribution >= 0.6 is 0 Å². The van der Waals surface area contributed by atoms with Crippen molar-refractivity contribution in [3.63, 3.8) is 0 Å². The fourth-order valence-electron chi connectivity index (χ4n) is 3.17. The van der Waals surface area contributed by atoms with E-state index in [0.717, 1.165) is 42.4 Å². The quantitative estimate of drug-likeness (QED) is 0.746. The number of hydrogen-bond acceptors (Lipinski definition) is 4. The highest BCUT2D eigenvalue weighted by Crippen LogP contribution is 2.29. The molecule has 0 N–H and O–H groups in total. The molecule has 1 amide bonds. The summed E-state index contributed by atoms with van der Waals surface area (Å²) in [6.45, 7) is 3.85. The molecule has 1 aliphatic heterocycles. The van der Waals surface area contributed by atoms with Gasteiger partial charge in [0.2, 0.25) is 17.7 Å². The van der Waals surface area contributed by atoms with E-state index in [4.69, 9.17) is 4.42 Å². The second-order valence-electron chi connectivity index (χ2n) is 5.90. The second-order valence-corrected chi connectivity index (χ2v) is 5.90. The number of fused-ring (bicyclic) bond motifs is 1. The van der Waals surface area contributed by atoms with Crippen LogP contribution in [-0.4, -0.2) is 38.7 Å². The van der Waals surface area contributed by atoms with Crippen molar-refractivity contribution in [2.24, 2.45) is 0 Å². The van der Waals surface area contributed by atoms with Crippen molar-refractivity contribution >= 4 is 16.8 Å². The van der Waals surface area contributed by atoms with E-state index in [2.05, 4.69) is 10.2 Å². The van der Waals surface area contributed by atoms with Gasteiger partial charge in [0, 0.05) is 37.1 Å². The summed E-state index contributed by atoms with van der Waals surface area (Å²) in [5.41, 5.74) is 1.88. The Labute approximate surface area is 133 Å². The number of para-hydroxylation sites is 1. The van der Waals surface area contributed by atoms with Crippen LogP contribution in [0, 0.1) is 6.92 Å². The van der Waals surface area contributed by atoms with Crippen molar-refractivity contribution in [2.75, 3.05) is 13.1 Å². The predicted octanol–water partition coefficient (Wildman–Crippen LogP) is 2.62. The fraction of sp³-hybridized carbons (Fsp3) is 0.353. The molecule has 1 aliphatic rings. The topological polar surface area (TPSA) is 64.2 Å². The Morgan fingerprint density at radius 1 is 1.22 bits per heavy atom. The zero-order chi connectivity index (χ0) is 15.8. The Morgan fingerprint density at radius 3 is 2.74 bits per heavy atom. The van der Waals surface area contributed by atoms with E-state index in [1.807, 2.05) is 39.9 Å². The van der Waals surface area contributed by atoms with E-state index in [9.17, 15) is 4.79 Å². The predicted molar refractivity (Wildman–Crippen MR) is 85.8 cm³/mol. The van der Waals surface area contributed by atoms with Gasteiger partial charge in [-0.15, -0.1) is 10.2 Å². The Kier molecular flexibility index (Phi) is 3.37. The van der Waals surface area contributed by atoms with Crippen LogP contribution in [0.3, 0.4) is 0 Å². The number of hydrogen-bond donors (Lipinski definition) is 0. The zero-order valence-corrected chi connectivity index (χ0v) is 13.0. The van der Waals surface area contributed by atoms with E-state index < -0.39 is 0 Å². The lowest BCUT2D eigenvalue weighted by molar-refractivity contribution is -0.130. The first-order chi connectivity index (χ1) is 11.2. The molecule has 23 heavy (non-hydrogen) atoms. The van der Waals surface area contributed by atoms with Crippen molar-refractivity contribution in [3.8, 4) is 11.5 Å². The minimum absolute atomic E-state index is 0.163. The van der Waals surface area contributed by atoms with Gasteiger partial charge < -0.3 is 13.9 Å². The number of aryl methyl sites for hydroxylation is 1. The first-order valence-electron chi connectivity index (χ1n) is 7.88. The smallest absolute Gasteiger partial charge is 0.249 e. The summed E-state index contributed by atoms with van der Waals surface area (Å²) in [6, 6.07) is 7.98. The summed E-state index contributed by atoms with van der Waals surface area (Å²) in [7, 11) is 0. The molecule has 0 spiro atoms. The molecule has 0 radical (unpaired) electrons. The minimum atomic E-state index is 0.163. The molecule has 3 heterocycles. The lowest BCUT2D eigenvalue weighted by Gasteiger charge is -2.15. The third-order valence-corrected chi connectivity index (χ3v) is 4.31. The van der Waals surface area contributed by atoms with E-state index in [1.165, 1.54) is 0 Å². The molecular formula is C17H18N4O2. The molecular weight excluding hydrogens is 292 g/mol. The maximum absolute atomic E-state index is 12.5. The Hall–Kier alpha value is -2.63. The number of rotatable bonds is 3. The number of likely N-dealkylation sites (tertiary alicyclic amines) is 1. The van der Waals surface area contributed by atoms with Gasteiger partial charge in [0.15, 0.2) is 0 Å². The fourth-order valence-corrected chi connectivity index (χ4v) is 3.17. The van der Waals surface area contributed by atoms with Crippen LogP contribution in [-0.2, 0) is 11.3 Å². The van der Waals surface area contributed by atoms with Gasteiger partial charge in [-0.25, -0.2) is 0 Å². The van der Waals surface area contributed by atoms with Crippen molar-refractivity contribution in [2.45, 2.75) is 26.3 Å². The van der Waals surface area contributed by atoms with Gasteiger partial charge in [0.25, 0.3) is 0 Å². The van der Waals surface area contributed by atoms with Crippen LogP contribution in [0.25, 0.3) is 22.4 Å². The average Bonchev–Trinajstić information content (AvgIpc) is 3.27. The summed E-state index contributed by atoms with van der Waals surface area (Å²) in [4.78, 5) is 14.4. The van der Waals surface area contributed by atoms with Crippen LogP contribution in [0.2, 0.25) is 0 Å². The SMILES string of the molecule is Cc1nnc(-c2cn(CC(=O)N3CCCC3)c3ccccc23)o1. The molecule has 4 rings (SSSR count).